The summed E-state index contributed by atoms with van der Waals surface area (Å²) in [5.41, 5.74) is 0.501. The van der Waals surface area contributed by atoms with E-state index in [0.29, 0.717) is 43.0 Å². The second kappa shape index (κ2) is 5.72. The van der Waals surface area contributed by atoms with Crippen molar-refractivity contribution in [2.45, 2.75) is 31.1 Å². The standard InChI is InChI=1S/C18H16F3N3O3/c19-18(20,21)10-3-14(16-6-22-9-27-16)13-1-2-23(15(13)4-10)17(25)24-11-5-12(24)8-26-7-11/h3-4,6,9,11-12H,1-2,5,7-8H2. The fraction of sp³-hybridized carbons (Fsp3) is 0.444. The van der Waals surface area contributed by atoms with Crippen molar-refractivity contribution in [3.05, 3.63) is 35.9 Å². The number of carbonyl (C=O) groups is 1. The summed E-state index contributed by atoms with van der Waals surface area (Å²) in [7, 11) is 0. The van der Waals surface area contributed by atoms with Crippen molar-refractivity contribution < 1.29 is 27.1 Å². The molecule has 0 radical (unpaired) electrons. The van der Waals surface area contributed by atoms with E-state index in [9.17, 15) is 18.0 Å². The zero-order valence-electron chi connectivity index (χ0n) is 14.2. The Bertz CT molecular complexity index is 883. The molecule has 3 aliphatic heterocycles. The molecule has 1 aromatic heterocycles. The number of morpholine rings is 1. The maximum Gasteiger partial charge on any atom is 0.416 e. The average Bonchev–Trinajstić information content (AvgIpc) is 3.30. The number of benzene rings is 1. The Labute approximate surface area is 152 Å². The Balaban J connectivity index is 1.57. The van der Waals surface area contributed by atoms with Gasteiger partial charge in [0.05, 0.1) is 42.7 Å². The van der Waals surface area contributed by atoms with Crippen LogP contribution in [0, 0.1) is 0 Å². The number of carbonyl (C=O) groups excluding carboxylic acids is 1. The molecule has 27 heavy (non-hydrogen) atoms. The van der Waals surface area contributed by atoms with Crippen LogP contribution in [0.3, 0.4) is 0 Å². The molecule has 0 spiro atoms. The maximum atomic E-state index is 13.5. The van der Waals surface area contributed by atoms with Crippen LogP contribution in [0.25, 0.3) is 11.3 Å². The molecule has 3 aliphatic rings. The lowest BCUT2D eigenvalue weighted by atomic mass is 9.92. The van der Waals surface area contributed by atoms with Crippen molar-refractivity contribution >= 4 is 11.7 Å². The minimum atomic E-state index is -4.53. The first kappa shape index (κ1) is 16.6. The van der Waals surface area contributed by atoms with E-state index in [1.807, 2.05) is 0 Å². The van der Waals surface area contributed by atoms with E-state index in [4.69, 9.17) is 9.15 Å². The first-order valence-electron chi connectivity index (χ1n) is 8.74. The summed E-state index contributed by atoms with van der Waals surface area (Å²) >= 11 is 0. The minimum absolute atomic E-state index is 0.0137. The van der Waals surface area contributed by atoms with Crippen molar-refractivity contribution in [3.63, 3.8) is 0 Å². The number of hydrogen-bond acceptors (Lipinski definition) is 4. The Morgan fingerprint density at radius 3 is 2.63 bits per heavy atom. The van der Waals surface area contributed by atoms with E-state index in [0.717, 1.165) is 18.6 Å². The highest BCUT2D eigenvalue weighted by molar-refractivity contribution is 5.97. The normalized spacial score (nSPS) is 24.0. The Morgan fingerprint density at radius 1 is 1.22 bits per heavy atom. The Kier molecular flexibility index (Phi) is 3.52. The molecule has 0 saturated carbocycles. The largest absolute Gasteiger partial charge is 0.444 e. The second-order valence-electron chi connectivity index (χ2n) is 7.06. The molecule has 2 unspecified atom stereocenters. The first-order chi connectivity index (χ1) is 12.9. The van der Waals surface area contributed by atoms with E-state index >= 15 is 0 Å². The minimum Gasteiger partial charge on any atom is -0.444 e. The van der Waals surface area contributed by atoms with Gasteiger partial charge < -0.3 is 14.1 Å². The van der Waals surface area contributed by atoms with Crippen molar-refractivity contribution in [2.24, 2.45) is 0 Å². The number of fused-ring (bicyclic) bond motifs is 3. The van der Waals surface area contributed by atoms with E-state index in [2.05, 4.69) is 4.98 Å². The molecule has 2 aromatic rings. The SMILES string of the molecule is O=C(N1CCc2c(-c3cnco3)cc(C(F)(F)F)cc21)N1C2COCC1C2. The van der Waals surface area contributed by atoms with Gasteiger partial charge in [0.2, 0.25) is 0 Å². The van der Waals surface area contributed by atoms with Crippen LogP contribution in [0.1, 0.15) is 17.5 Å². The van der Waals surface area contributed by atoms with Gasteiger partial charge in [-0.05, 0) is 30.5 Å². The molecule has 2 saturated heterocycles. The summed E-state index contributed by atoms with van der Waals surface area (Å²) < 4.78 is 51.0. The van der Waals surface area contributed by atoms with Gasteiger partial charge in [-0.2, -0.15) is 13.2 Å². The molecule has 2 atom stereocenters. The van der Waals surface area contributed by atoms with Crippen LogP contribution in [0.4, 0.5) is 23.7 Å². The van der Waals surface area contributed by atoms with E-state index in [1.165, 1.54) is 17.5 Å². The number of urea groups is 1. The lowest BCUT2D eigenvalue weighted by Gasteiger charge is -2.53. The first-order valence-corrected chi connectivity index (χ1v) is 8.74. The number of halogens is 3. The third-order valence-corrected chi connectivity index (χ3v) is 5.53. The highest BCUT2D eigenvalue weighted by Crippen LogP contribution is 2.43. The predicted octanol–water partition coefficient (Wildman–Crippen LogP) is 3.32. The molecule has 2 amide bonds. The number of alkyl halides is 3. The predicted molar refractivity (Wildman–Crippen MR) is 88.2 cm³/mol. The van der Waals surface area contributed by atoms with Crippen LogP contribution in [0.15, 0.2) is 29.1 Å². The van der Waals surface area contributed by atoms with E-state index < -0.39 is 11.7 Å². The Morgan fingerprint density at radius 2 is 2.00 bits per heavy atom. The molecule has 0 N–H and O–H groups in total. The molecule has 6 nitrogen and oxygen atoms in total. The second-order valence-corrected chi connectivity index (χ2v) is 7.06. The molecule has 5 rings (SSSR count). The molecular formula is C18H16F3N3O3. The maximum absolute atomic E-state index is 13.5. The van der Waals surface area contributed by atoms with Gasteiger partial charge >= 0.3 is 12.2 Å². The third kappa shape index (κ3) is 2.52. The van der Waals surface area contributed by atoms with Crippen molar-refractivity contribution in [1.29, 1.82) is 0 Å². The summed E-state index contributed by atoms with van der Waals surface area (Å²) in [6.45, 7) is 1.30. The van der Waals surface area contributed by atoms with Gasteiger partial charge in [-0.3, -0.25) is 4.90 Å². The van der Waals surface area contributed by atoms with Gasteiger partial charge in [-0.1, -0.05) is 0 Å². The molecular weight excluding hydrogens is 363 g/mol. The molecule has 142 valence electrons. The van der Waals surface area contributed by atoms with Crippen LogP contribution in [0.2, 0.25) is 0 Å². The molecule has 2 bridgehead atoms. The van der Waals surface area contributed by atoms with Gasteiger partial charge in [-0.25, -0.2) is 9.78 Å². The summed E-state index contributed by atoms with van der Waals surface area (Å²) in [4.78, 5) is 20.0. The van der Waals surface area contributed by atoms with Gasteiger partial charge in [0, 0.05) is 12.1 Å². The van der Waals surface area contributed by atoms with Crippen LogP contribution in [-0.2, 0) is 17.3 Å². The van der Waals surface area contributed by atoms with Crippen LogP contribution in [0.5, 0.6) is 0 Å². The molecule has 4 heterocycles. The fourth-order valence-electron chi connectivity index (χ4n) is 4.23. The number of amides is 2. The zero-order chi connectivity index (χ0) is 18.8. The number of rotatable bonds is 1. The van der Waals surface area contributed by atoms with E-state index in [-0.39, 0.29) is 23.9 Å². The van der Waals surface area contributed by atoms with Gasteiger partial charge in [0.15, 0.2) is 12.2 Å². The third-order valence-electron chi connectivity index (χ3n) is 5.53. The van der Waals surface area contributed by atoms with Crippen molar-refractivity contribution in [2.75, 3.05) is 24.7 Å². The summed E-state index contributed by atoms with van der Waals surface area (Å²) in [5.74, 6) is 0.265. The van der Waals surface area contributed by atoms with Gasteiger partial charge in [0.1, 0.15) is 0 Å². The monoisotopic (exact) mass is 379 g/mol. The molecule has 9 heteroatoms. The number of anilines is 1. The molecule has 1 aromatic carbocycles. The van der Waals surface area contributed by atoms with Crippen LogP contribution < -0.4 is 4.90 Å². The highest BCUT2D eigenvalue weighted by atomic mass is 19.4. The van der Waals surface area contributed by atoms with Crippen molar-refractivity contribution in [1.82, 2.24) is 9.88 Å². The van der Waals surface area contributed by atoms with Crippen LogP contribution in [-0.4, -0.2) is 47.8 Å². The quantitative estimate of drug-likeness (QED) is 0.763. The number of oxazole rings is 1. The summed E-state index contributed by atoms with van der Waals surface area (Å²) in [6, 6.07) is 1.91. The topological polar surface area (TPSA) is 58.8 Å². The van der Waals surface area contributed by atoms with Gasteiger partial charge in [0.25, 0.3) is 0 Å². The smallest absolute Gasteiger partial charge is 0.416 e. The molecule has 0 aliphatic carbocycles. The van der Waals surface area contributed by atoms with Crippen molar-refractivity contribution in [3.8, 4) is 11.3 Å². The van der Waals surface area contributed by atoms with Gasteiger partial charge in [-0.15, -0.1) is 0 Å². The number of aromatic nitrogens is 1. The Hall–Kier alpha value is -2.55. The zero-order valence-corrected chi connectivity index (χ0v) is 14.2. The summed E-state index contributed by atoms with van der Waals surface area (Å²) in [6.07, 6.45) is -0.603. The van der Waals surface area contributed by atoms with E-state index in [1.54, 1.807) is 4.90 Å². The van der Waals surface area contributed by atoms with Crippen LogP contribution >= 0.6 is 0 Å². The average molecular weight is 379 g/mol. The number of nitrogens with zero attached hydrogens (tertiary/aromatic N) is 3. The molecule has 2 fully saturated rings. The lowest BCUT2D eigenvalue weighted by Crippen LogP contribution is -2.67. The summed E-state index contributed by atoms with van der Waals surface area (Å²) in [5, 5.41) is 0. The highest BCUT2D eigenvalue weighted by Gasteiger charge is 2.48. The fourth-order valence-corrected chi connectivity index (χ4v) is 4.23. The number of ether oxygens (including phenoxy) is 1. The number of hydrogen-bond donors (Lipinski definition) is 0. The lowest BCUT2D eigenvalue weighted by molar-refractivity contribution is -0.137.